The van der Waals surface area contributed by atoms with Gasteiger partial charge in [-0.1, -0.05) is 37.5 Å². The van der Waals surface area contributed by atoms with Gasteiger partial charge in [-0.05, 0) is 50.1 Å². The van der Waals surface area contributed by atoms with Crippen LogP contribution in [-0.4, -0.2) is 31.6 Å². The summed E-state index contributed by atoms with van der Waals surface area (Å²) < 4.78 is 34.1. The molecule has 0 aliphatic heterocycles. The lowest BCUT2D eigenvalue weighted by Gasteiger charge is -2.21. The SMILES string of the molecule is C[C@@H](OC(=O)c1oc2ccccc2c1CSC1CCCCC1)C(=O)Nc1ccc(S(N)(=O)=O)cc1. The lowest BCUT2D eigenvalue weighted by Crippen LogP contribution is -2.30. The molecule has 10 heteroatoms. The molecule has 0 radical (unpaired) electrons. The lowest BCUT2D eigenvalue weighted by atomic mass is 10.0. The Morgan fingerprint density at radius 2 is 1.80 bits per heavy atom. The minimum Gasteiger partial charge on any atom is -0.449 e. The van der Waals surface area contributed by atoms with Gasteiger partial charge in [0.15, 0.2) is 6.10 Å². The molecule has 1 aliphatic rings. The average Bonchev–Trinajstić information content (AvgIpc) is 3.22. The monoisotopic (exact) mass is 516 g/mol. The van der Waals surface area contributed by atoms with Gasteiger partial charge in [0.2, 0.25) is 15.8 Å². The van der Waals surface area contributed by atoms with Gasteiger partial charge >= 0.3 is 5.97 Å². The van der Waals surface area contributed by atoms with Crippen LogP contribution >= 0.6 is 11.8 Å². The Hall–Kier alpha value is -2.82. The average molecular weight is 517 g/mol. The Balaban J connectivity index is 1.45. The summed E-state index contributed by atoms with van der Waals surface area (Å²) in [5, 5.41) is 9.12. The Morgan fingerprint density at radius 1 is 1.11 bits per heavy atom. The summed E-state index contributed by atoms with van der Waals surface area (Å²) in [5.74, 6) is -0.515. The van der Waals surface area contributed by atoms with Crippen LogP contribution in [0.1, 0.15) is 55.1 Å². The smallest absolute Gasteiger partial charge is 0.375 e. The molecule has 8 nitrogen and oxygen atoms in total. The number of carbonyl (C=O) groups excluding carboxylic acids is 2. The maximum atomic E-state index is 13.0. The summed E-state index contributed by atoms with van der Waals surface area (Å²) in [4.78, 5) is 25.5. The number of ether oxygens (including phenoxy) is 1. The molecule has 186 valence electrons. The number of sulfonamides is 1. The number of thioether (sulfide) groups is 1. The van der Waals surface area contributed by atoms with Crippen molar-refractivity contribution >= 4 is 50.3 Å². The quantitative estimate of drug-likeness (QED) is 0.410. The van der Waals surface area contributed by atoms with Crippen LogP contribution < -0.4 is 10.5 Å². The number of esters is 1. The zero-order valence-corrected chi connectivity index (χ0v) is 21.0. The number of furan rings is 1. The van der Waals surface area contributed by atoms with Crippen LogP contribution in [0.4, 0.5) is 5.69 Å². The van der Waals surface area contributed by atoms with E-state index in [2.05, 4.69) is 5.32 Å². The molecule has 2 aromatic carbocycles. The van der Waals surface area contributed by atoms with Crippen LogP contribution in [0.5, 0.6) is 0 Å². The molecule has 3 N–H and O–H groups in total. The van der Waals surface area contributed by atoms with E-state index in [1.165, 1.54) is 63.3 Å². The molecular formula is C25H28N2O6S2. The lowest BCUT2D eigenvalue weighted by molar-refractivity contribution is -0.123. The highest BCUT2D eigenvalue weighted by Gasteiger charge is 2.27. The molecule has 1 amide bonds. The third-order valence-electron chi connectivity index (χ3n) is 6.00. The first-order valence-electron chi connectivity index (χ1n) is 11.5. The van der Waals surface area contributed by atoms with Gasteiger partial charge in [0.25, 0.3) is 5.91 Å². The molecule has 0 spiro atoms. The molecule has 0 bridgehead atoms. The van der Waals surface area contributed by atoms with Gasteiger partial charge in [-0.2, -0.15) is 11.8 Å². The largest absolute Gasteiger partial charge is 0.449 e. The van der Waals surface area contributed by atoms with E-state index in [4.69, 9.17) is 14.3 Å². The fraction of sp³-hybridized carbons (Fsp3) is 0.360. The third-order valence-corrected chi connectivity index (χ3v) is 8.33. The van der Waals surface area contributed by atoms with Crippen LogP contribution in [-0.2, 0) is 25.3 Å². The van der Waals surface area contributed by atoms with Crippen LogP contribution in [0.3, 0.4) is 0 Å². The Kier molecular flexibility index (Phi) is 7.83. The number of anilines is 1. The van der Waals surface area contributed by atoms with Crippen molar-refractivity contribution in [3.8, 4) is 0 Å². The Morgan fingerprint density at radius 3 is 2.49 bits per heavy atom. The van der Waals surface area contributed by atoms with Crippen LogP contribution in [0.2, 0.25) is 0 Å². The third kappa shape index (κ3) is 6.25. The second kappa shape index (κ2) is 10.8. The molecular weight excluding hydrogens is 488 g/mol. The van der Waals surface area contributed by atoms with Crippen molar-refractivity contribution in [1.29, 1.82) is 0 Å². The van der Waals surface area contributed by atoms with Gasteiger partial charge in [-0.25, -0.2) is 18.4 Å². The van der Waals surface area contributed by atoms with E-state index in [9.17, 15) is 18.0 Å². The van der Waals surface area contributed by atoms with Gasteiger partial charge in [0.05, 0.1) is 4.90 Å². The van der Waals surface area contributed by atoms with Gasteiger partial charge in [-0.3, -0.25) is 4.79 Å². The summed E-state index contributed by atoms with van der Waals surface area (Å²) in [6, 6.07) is 12.9. The number of amides is 1. The van der Waals surface area contributed by atoms with Crippen molar-refractivity contribution in [2.24, 2.45) is 5.14 Å². The van der Waals surface area contributed by atoms with Gasteiger partial charge in [0.1, 0.15) is 5.58 Å². The van der Waals surface area contributed by atoms with Gasteiger partial charge in [-0.15, -0.1) is 0 Å². The van der Waals surface area contributed by atoms with Crippen molar-refractivity contribution in [2.45, 2.75) is 61.0 Å². The molecule has 1 saturated carbocycles. The van der Waals surface area contributed by atoms with E-state index in [0.717, 1.165) is 10.9 Å². The fourth-order valence-corrected chi connectivity index (χ4v) is 5.95. The molecule has 3 aromatic rings. The Labute approximate surface area is 208 Å². The first kappa shape index (κ1) is 25.3. The van der Waals surface area contributed by atoms with Crippen molar-refractivity contribution in [1.82, 2.24) is 0 Å². The first-order valence-corrected chi connectivity index (χ1v) is 14.1. The molecule has 0 unspecified atom stereocenters. The molecule has 1 fully saturated rings. The zero-order chi connectivity index (χ0) is 25.0. The first-order chi connectivity index (χ1) is 16.7. The number of primary sulfonamides is 1. The van der Waals surface area contributed by atoms with Crippen LogP contribution in [0, 0.1) is 0 Å². The van der Waals surface area contributed by atoms with E-state index in [1.807, 2.05) is 36.0 Å². The molecule has 35 heavy (non-hydrogen) atoms. The molecule has 4 rings (SSSR count). The van der Waals surface area contributed by atoms with Gasteiger partial charge < -0.3 is 14.5 Å². The predicted octanol–water partition coefficient (Wildman–Crippen LogP) is 4.83. The summed E-state index contributed by atoms with van der Waals surface area (Å²) >= 11 is 1.83. The number of rotatable bonds is 8. The van der Waals surface area contributed by atoms with Crippen molar-refractivity contribution in [2.75, 3.05) is 5.32 Å². The number of nitrogens with two attached hydrogens (primary N) is 1. The van der Waals surface area contributed by atoms with E-state index in [-0.39, 0.29) is 10.7 Å². The minimum atomic E-state index is -3.83. The summed E-state index contributed by atoms with van der Waals surface area (Å²) in [6.07, 6.45) is 4.99. The predicted molar refractivity (Wildman–Crippen MR) is 136 cm³/mol. The van der Waals surface area contributed by atoms with Crippen LogP contribution in [0.15, 0.2) is 57.8 Å². The number of hydrogen-bond donors (Lipinski definition) is 2. The molecule has 1 aliphatic carbocycles. The highest BCUT2D eigenvalue weighted by Crippen LogP contribution is 2.35. The summed E-state index contributed by atoms with van der Waals surface area (Å²) in [5.41, 5.74) is 1.73. The summed E-state index contributed by atoms with van der Waals surface area (Å²) in [6.45, 7) is 1.46. The number of hydrogen-bond acceptors (Lipinski definition) is 7. The molecule has 0 saturated heterocycles. The van der Waals surface area contributed by atoms with Crippen molar-refractivity contribution in [3.05, 3.63) is 59.9 Å². The standard InChI is InChI=1S/C25H28N2O6S2/c1-16(24(28)27-17-11-13-19(14-12-17)35(26,30)31)32-25(29)23-21(15-34-18-7-3-2-4-8-18)20-9-5-6-10-22(20)33-23/h5-6,9-14,16,18H,2-4,7-8,15H2,1H3,(H,27,28)(H2,26,30,31)/t16-/m1/s1. The molecule has 1 atom stereocenters. The van der Waals surface area contributed by atoms with Crippen molar-refractivity contribution in [3.63, 3.8) is 0 Å². The second-order valence-corrected chi connectivity index (χ2v) is 11.4. The van der Waals surface area contributed by atoms with E-state index in [1.54, 1.807) is 0 Å². The van der Waals surface area contributed by atoms with Crippen LogP contribution in [0.25, 0.3) is 11.0 Å². The number of para-hydroxylation sites is 1. The summed E-state index contributed by atoms with van der Waals surface area (Å²) in [7, 11) is -3.83. The Bertz CT molecular complexity index is 1310. The molecule has 1 heterocycles. The second-order valence-electron chi connectivity index (χ2n) is 8.58. The number of fused-ring (bicyclic) bond motifs is 1. The zero-order valence-electron chi connectivity index (χ0n) is 19.4. The normalized spacial score (nSPS) is 15.6. The topological polar surface area (TPSA) is 129 Å². The highest BCUT2D eigenvalue weighted by atomic mass is 32.2. The minimum absolute atomic E-state index is 0.0708. The van der Waals surface area contributed by atoms with Gasteiger partial charge in [0, 0.05) is 27.6 Å². The van der Waals surface area contributed by atoms with E-state index >= 15 is 0 Å². The number of carbonyl (C=O) groups is 2. The highest BCUT2D eigenvalue weighted by molar-refractivity contribution is 7.99. The molecule has 1 aromatic heterocycles. The van der Waals surface area contributed by atoms with E-state index in [0.29, 0.717) is 22.3 Å². The van der Waals surface area contributed by atoms with Crippen molar-refractivity contribution < 1.29 is 27.2 Å². The number of nitrogens with one attached hydrogen (secondary N) is 1. The maximum Gasteiger partial charge on any atom is 0.375 e. The number of benzene rings is 2. The fourth-order valence-electron chi connectivity index (χ4n) is 4.08. The maximum absolute atomic E-state index is 13.0. The van der Waals surface area contributed by atoms with E-state index < -0.39 is 28.0 Å².